The zero-order chi connectivity index (χ0) is 10.3. The van der Waals surface area contributed by atoms with E-state index in [1.165, 1.54) is 0 Å². The Balaban J connectivity index is 4.38. The van der Waals surface area contributed by atoms with Crippen molar-refractivity contribution in [3.63, 3.8) is 0 Å². The fraction of sp³-hybridized carbons (Fsp3) is 1.00. The van der Waals surface area contributed by atoms with Crippen molar-refractivity contribution in [2.75, 3.05) is 19.8 Å². The van der Waals surface area contributed by atoms with Gasteiger partial charge in [0, 0.05) is 25.4 Å². The zero-order valence-corrected chi connectivity index (χ0v) is 10.4. The van der Waals surface area contributed by atoms with Crippen molar-refractivity contribution in [2.45, 2.75) is 40.2 Å². The summed E-state index contributed by atoms with van der Waals surface area (Å²) < 4.78 is 17.0. The molecule has 13 heavy (non-hydrogen) atoms. The molecule has 3 nitrogen and oxygen atoms in total. The zero-order valence-electron chi connectivity index (χ0n) is 9.42. The minimum absolute atomic E-state index is 0.326. The molecule has 0 atom stereocenters. The van der Waals surface area contributed by atoms with Crippen LogP contribution in [0.15, 0.2) is 0 Å². The molecule has 0 spiro atoms. The van der Waals surface area contributed by atoms with Crippen LogP contribution in [-0.4, -0.2) is 28.6 Å². The lowest BCUT2D eigenvalue weighted by molar-refractivity contribution is 0.0641. The number of hydrogen-bond acceptors (Lipinski definition) is 3. The van der Waals surface area contributed by atoms with Crippen LogP contribution in [0.2, 0.25) is 5.54 Å². The Morgan fingerprint density at radius 2 is 1.15 bits per heavy atom. The second kappa shape index (κ2) is 6.54. The van der Waals surface area contributed by atoms with Crippen LogP contribution in [0, 0.1) is 0 Å². The van der Waals surface area contributed by atoms with Gasteiger partial charge in [-0.25, -0.2) is 0 Å². The van der Waals surface area contributed by atoms with Crippen LogP contribution < -0.4 is 0 Å². The topological polar surface area (TPSA) is 27.7 Å². The fourth-order valence-corrected chi connectivity index (χ4v) is 3.69. The highest BCUT2D eigenvalue weighted by Gasteiger charge is 2.44. The molecule has 0 aliphatic rings. The minimum Gasteiger partial charge on any atom is -0.374 e. The first-order valence-corrected chi connectivity index (χ1v) is 6.85. The molecule has 0 aromatic rings. The molecule has 0 bridgehead atoms. The molecule has 0 aromatic carbocycles. The van der Waals surface area contributed by atoms with Crippen molar-refractivity contribution >= 4 is 8.80 Å². The van der Waals surface area contributed by atoms with Gasteiger partial charge in [-0.05, 0) is 20.8 Å². The molecule has 0 aliphatic heterocycles. The van der Waals surface area contributed by atoms with E-state index in [1.54, 1.807) is 0 Å². The highest BCUT2D eigenvalue weighted by atomic mass is 28.4. The lowest BCUT2D eigenvalue weighted by Crippen LogP contribution is -2.48. The second-order valence-corrected chi connectivity index (χ2v) is 6.29. The molecule has 0 saturated heterocycles. The van der Waals surface area contributed by atoms with E-state index in [1.807, 2.05) is 20.8 Å². The lowest BCUT2D eigenvalue weighted by atomic mass is 10.6. The summed E-state index contributed by atoms with van der Waals surface area (Å²) in [6.45, 7) is 12.1. The van der Waals surface area contributed by atoms with Gasteiger partial charge in [-0.2, -0.15) is 0 Å². The number of hydrogen-bond donors (Lipinski definition) is 0. The lowest BCUT2D eigenvalue weighted by Gasteiger charge is -2.31. The summed E-state index contributed by atoms with van der Waals surface area (Å²) in [6, 6.07) is 0. The van der Waals surface area contributed by atoms with Crippen LogP contribution in [0.1, 0.15) is 34.6 Å². The smallest absolute Gasteiger partial charge is 0.374 e. The minimum atomic E-state index is -2.37. The van der Waals surface area contributed by atoms with Gasteiger partial charge >= 0.3 is 8.80 Å². The number of rotatable bonds is 7. The predicted octanol–water partition coefficient (Wildman–Crippen LogP) is 2.44. The highest BCUT2D eigenvalue weighted by molar-refractivity contribution is 6.62. The molecule has 0 radical (unpaired) electrons. The van der Waals surface area contributed by atoms with Gasteiger partial charge in [0.15, 0.2) is 0 Å². The summed E-state index contributed by atoms with van der Waals surface area (Å²) in [4.78, 5) is 0. The van der Waals surface area contributed by atoms with Crippen molar-refractivity contribution in [1.29, 1.82) is 0 Å². The van der Waals surface area contributed by atoms with Gasteiger partial charge in [-0.15, -0.1) is 0 Å². The monoisotopic (exact) mass is 206 g/mol. The van der Waals surface area contributed by atoms with E-state index < -0.39 is 8.80 Å². The molecule has 0 amide bonds. The van der Waals surface area contributed by atoms with Crippen LogP contribution in [0.3, 0.4) is 0 Å². The van der Waals surface area contributed by atoms with Gasteiger partial charge in [0.2, 0.25) is 0 Å². The molecule has 0 saturated carbocycles. The molecule has 80 valence electrons. The maximum Gasteiger partial charge on any atom is 0.503 e. The van der Waals surface area contributed by atoms with E-state index >= 15 is 0 Å². The van der Waals surface area contributed by atoms with Crippen molar-refractivity contribution in [3.8, 4) is 0 Å². The van der Waals surface area contributed by atoms with E-state index in [0.717, 1.165) is 0 Å². The first kappa shape index (κ1) is 13.1. The maximum atomic E-state index is 5.67. The van der Waals surface area contributed by atoms with Crippen molar-refractivity contribution in [3.05, 3.63) is 0 Å². The molecular weight excluding hydrogens is 184 g/mol. The van der Waals surface area contributed by atoms with Gasteiger partial charge in [0.05, 0.1) is 0 Å². The molecule has 0 unspecified atom stereocenters. The maximum absolute atomic E-state index is 5.67. The standard InChI is InChI=1S/C9H22O3Si/c1-6-10-13(9(4)5,11-7-2)12-8-3/h9H,6-8H2,1-5H3. The Kier molecular flexibility index (Phi) is 6.58. The first-order chi connectivity index (χ1) is 6.13. The van der Waals surface area contributed by atoms with Crippen LogP contribution >= 0.6 is 0 Å². The Morgan fingerprint density at radius 3 is 1.31 bits per heavy atom. The third kappa shape index (κ3) is 3.77. The highest BCUT2D eigenvalue weighted by Crippen LogP contribution is 2.24. The van der Waals surface area contributed by atoms with Crippen LogP contribution in [0.4, 0.5) is 0 Å². The molecule has 4 heteroatoms. The van der Waals surface area contributed by atoms with Gasteiger partial charge in [0.25, 0.3) is 0 Å². The fourth-order valence-electron chi connectivity index (χ4n) is 1.23. The molecule has 0 aliphatic carbocycles. The Morgan fingerprint density at radius 1 is 0.846 bits per heavy atom. The van der Waals surface area contributed by atoms with E-state index in [2.05, 4.69) is 13.8 Å². The third-order valence-electron chi connectivity index (χ3n) is 1.74. The van der Waals surface area contributed by atoms with Crippen LogP contribution in [0.25, 0.3) is 0 Å². The third-order valence-corrected chi connectivity index (χ3v) is 5.23. The van der Waals surface area contributed by atoms with Crippen LogP contribution in [0.5, 0.6) is 0 Å². The van der Waals surface area contributed by atoms with Gasteiger partial charge in [-0.3, -0.25) is 0 Å². The Bertz CT molecular complexity index is 111. The van der Waals surface area contributed by atoms with Crippen LogP contribution in [-0.2, 0) is 13.3 Å². The van der Waals surface area contributed by atoms with Gasteiger partial charge in [0.1, 0.15) is 0 Å². The molecular formula is C9H22O3Si. The summed E-state index contributed by atoms with van der Waals surface area (Å²) in [5.41, 5.74) is 0.326. The Hall–Kier alpha value is 0.0969. The summed E-state index contributed by atoms with van der Waals surface area (Å²) in [6.07, 6.45) is 0. The summed E-state index contributed by atoms with van der Waals surface area (Å²) in [7, 11) is -2.37. The summed E-state index contributed by atoms with van der Waals surface area (Å²) >= 11 is 0. The quantitative estimate of drug-likeness (QED) is 0.599. The molecule has 0 aromatic heterocycles. The second-order valence-electron chi connectivity index (χ2n) is 3.06. The first-order valence-electron chi connectivity index (χ1n) is 5.04. The van der Waals surface area contributed by atoms with Crippen molar-refractivity contribution < 1.29 is 13.3 Å². The SMILES string of the molecule is CCO[Si](OCC)(OCC)C(C)C. The predicted molar refractivity (Wildman–Crippen MR) is 55.7 cm³/mol. The molecule has 0 fully saturated rings. The van der Waals surface area contributed by atoms with Crippen molar-refractivity contribution in [1.82, 2.24) is 0 Å². The van der Waals surface area contributed by atoms with Crippen molar-refractivity contribution in [2.24, 2.45) is 0 Å². The largest absolute Gasteiger partial charge is 0.503 e. The average molecular weight is 206 g/mol. The summed E-state index contributed by atoms with van der Waals surface area (Å²) in [5, 5.41) is 0. The van der Waals surface area contributed by atoms with E-state index in [4.69, 9.17) is 13.3 Å². The average Bonchev–Trinajstić information content (AvgIpc) is 2.05. The van der Waals surface area contributed by atoms with Gasteiger partial charge < -0.3 is 13.3 Å². The summed E-state index contributed by atoms with van der Waals surface area (Å²) in [5.74, 6) is 0. The van der Waals surface area contributed by atoms with E-state index in [0.29, 0.717) is 25.4 Å². The van der Waals surface area contributed by atoms with Gasteiger partial charge in [-0.1, -0.05) is 13.8 Å². The van der Waals surface area contributed by atoms with E-state index in [9.17, 15) is 0 Å². The Labute approximate surface area is 82.8 Å². The normalized spacial score (nSPS) is 12.5. The van der Waals surface area contributed by atoms with E-state index in [-0.39, 0.29) is 0 Å². The molecule has 0 rings (SSSR count). The molecule has 0 N–H and O–H groups in total. The molecule has 0 heterocycles.